The molecule has 0 spiro atoms. The van der Waals surface area contributed by atoms with E-state index in [1.165, 1.54) is 18.2 Å². The minimum Gasteiger partial charge on any atom is -0.545 e. The van der Waals surface area contributed by atoms with Crippen LogP contribution in [0, 0.1) is 0 Å². The zero-order chi connectivity index (χ0) is 17.3. The van der Waals surface area contributed by atoms with E-state index >= 15 is 0 Å². The number of hydrogen-bond donors (Lipinski definition) is 2. The topological polar surface area (TPSA) is 103 Å². The molecule has 8 heteroatoms. The second-order valence-electron chi connectivity index (χ2n) is 4.94. The van der Waals surface area contributed by atoms with Gasteiger partial charge in [0.15, 0.2) is 5.11 Å². The minimum absolute atomic E-state index is 0.0262. The number of aromatic nitrogens is 1. The summed E-state index contributed by atoms with van der Waals surface area (Å²) in [5.41, 5.74) is 1.01. The summed E-state index contributed by atoms with van der Waals surface area (Å²) in [4.78, 5) is 34.8. The molecule has 3 rings (SSSR count). The lowest BCUT2D eigenvalue weighted by Crippen LogP contribution is -2.51. The van der Waals surface area contributed by atoms with Crippen LogP contribution in [0.5, 0.6) is 0 Å². The summed E-state index contributed by atoms with van der Waals surface area (Å²) in [5.74, 6) is -2.48. The van der Waals surface area contributed by atoms with Crippen molar-refractivity contribution in [3.63, 3.8) is 0 Å². The first-order chi connectivity index (χ1) is 11.5. The van der Waals surface area contributed by atoms with Crippen LogP contribution in [0.4, 0.5) is 0 Å². The minimum atomic E-state index is -1.29. The molecular weight excluding hydrogens is 330 g/mol. The molecule has 1 aliphatic heterocycles. The lowest BCUT2D eigenvalue weighted by molar-refractivity contribution is -0.255. The van der Waals surface area contributed by atoms with Crippen LogP contribution >= 0.6 is 12.2 Å². The number of benzene rings is 1. The van der Waals surface area contributed by atoms with Crippen LogP contribution in [0.25, 0.3) is 11.8 Å². The van der Waals surface area contributed by atoms with Gasteiger partial charge in [0.2, 0.25) is 0 Å². The molecular formula is C16H10N3O4S-. The molecule has 120 valence electrons. The van der Waals surface area contributed by atoms with Crippen molar-refractivity contribution in [1.29, 1.82) is 0 Å². The van der Waals surface area contributed by atoms with E-state index in [4.69, 9.17) is 12.2 Å². The average Bonchev–Trinajstić information content (AvgIpc) is 2.99. The standard InChI is InChI=1S/C16H11N3O4S/c20-13-12(14(21)18-16(24)17-13)8-11-5-2-6-19(11)10-4-1-3-9(7-10)15(22)23/h1-8H,(H,22,23)(H2,17,18,20,21,24)/p-1. The van der Waals surface area contributed by atoms with Gasteiger partial charge in [0.05, 0.1) is 5.97 Å². The van der Waals surface area contributed by atoms with Gasteiger partial charge >= 0.3 is 0 Å². The molecule has 1 fully saturated rings. The van der Waals surface area contributed by atoms with Crippen LogP contribution in [0.2, 0.25) is 0 Å². The highest BCUT2D eigenvalue weighted by Gasteiger charge is 2.26. The van der Waals surface area contributed by atoms with Gasteiger partial charge in [0.25, 0.3) is 11.8 Å². The van der Waals surface area contributed by atoms with E-state index in [0.29, 0.717) is 11.4 Å². The second-order valence-corrected chi connectivity index (χ2v) is 5.34. The Kier molecular flexibility index (Phi) is 3.97. The third-order valence-electron chi connectivity index (χ3n) is 3.38. The fourth-order valence-corrected chi connectivity index (χ4v) is 2.47. The number of nitrogens with zero attached hydrogens (tertiary/aromatic N) is 1. The van der Waals surface area contributed by atoms with Gasteiger partial charge in [-0.15, -0.1) is 0 Å². The number of carbonyl (C=O) groups excluding carboxylic acids is 3. The highest BCUT2D eigenvalue weighted by atomic mass is 32.1. The Morgan fingerprint density at radius 3 is 2.50 bits per heavy atom. The first-order valence-electron chi connectivity index (χ1n) is 6.83. The molecule has 0 unspecified atom stereocenters. The van der Waals surface area contributed by atoms with Gasteiger partial charge in [-0.1, -0.05) is 12.1 Å². The molecule has 2 amide bonds. The fraction of sp³-hybridized carbons (Fsp3) is 0. The predicted molar refractivity (Wildman–Crippen MR) is 87.0 cm³/mol. The summed E-state index contributed by atoms with van der Waals surface area (Å²) >= 11 is 4.74. The highest BCUT2D eigenvalue weighted by molar-refractivity contribution is 7.80. The molecule has 0 saturated carbocycles. The normalized spacial score (nSPS) is 14.2. The molecule has 24 heavy (non-hydrogen) atoms. The van der Waals surface area contributed by atoms with Gasteiger partial charge < -0.3 is 14.5 Å². The van der Waals surface area contributed by atoms with Gasteiger partial charge in [0.1, 0.15) is 5.57 Å². The van der Waals surface area contributed by atoms with Gasteiger partial charge in [0, 0.05) is 17.6 Å². The number of amides is 2. The summed E-state index contributed by atoms with van der Waals surface area (Å²) in [6, 6.07) is 9.53. The Balaban J connectivity index is 2.02. The Morgan fingerprint density at radius 2 is 1.83 bits per heavy atom. The SMILES string of the molecule is O=C1NC(=S)NC(=O)C1=Cc1cccn1-c1cccc(C(=O)[O-])c1. The molecule has 1 aliphatic rings. The summed E-state index contributed by atoms with van der Waals surface area (Å²) in [6.45, 7) is 0. The summed E-state index contributed by atoms with van der Waals surface area (Å²) < 4.78 is 1.65. The van der Waals surface area contributed by atoms with E-state index in [9.17, 15) is 19.5 Å². The Morgan fingerprint density at radius 1 is 1.12 bits per heavy atom. The van der Waals surface area contributed by atoms with Gasteiger partial charge in [-0.3, -0.25) is 20.2 Å². The van der Waals surface area contributed by atoms with E-state index in [1.54, 1.807) is 35.0 Å². The fourth-order valence-electron chi connectivity index (χ4n) is 2.28. The molecule has 2 aromatic rings. The largest absolute Gasteiger partial charge is 0.545 e. The van der Waals surface area contributed by atoms with Crippen LogP contribution in [-0.2, 0) is 9.59 Å². The summed E-state index contributed by atoms with van der Waals surface area (Å²) in [5, 5.41) is 15.7. The molecule has 2 N–H and O–H groups in total. The van der Waals surface area contributed by atoms with Crippen molar-refractivity contribution in [2.75, 3.05) is 0 Å². The number of carbonyl (C=O) groups is 3. The Labute approximate surface area is 141 Å². The van der Waals surface area contributed by atoms with Crippen molar-refractivity contribution < 1.29 is 19.5 Å². The maximum atomic E-state index is 11.9. The first kappa shape index (κ1) is 15.6. The number of thiocarbonyl (C=S) groups is 1. The molecule has 1 aromatic carbocycles. The molecule has 0 aliphatic carbocycles. The number of hydrogen-bond acceptors (Lipinski definition) is 5. The number of aromatic carboxylic acids is 1. The number of carboxylic acids is 1. The van der Waals surface area contributed by atoms with Gasteiger partial charge in [-0.25, -0.2) is 0 Å². The Bertz CT molecular complexity index is 892. The smallest absolute Gasteiger partial charge is 0.263 e. The van der Waals surface area contributed by atoms with Crippen molar-refractivity contribution in [3.05, 3.63) is 59.4 Å². The highest BCUT2D eigenvalue weighted by Crippen LogP contribution is 2.17. The third-order valence-corrected chi connectivity index (χ3v) is 3.58. The molecule has 0 atom stereocenters. The lowest BCUT2D eigenvalue weighted by atomic mass is 10.1. The van der Waals surface area contributed by atoms with Crippen molar-refractivity contribution in [1.82, 2.24) is 15.2 Å². The van der Waals surface area contributed by atoms with E-state index in [-0.39, 0.29) is 16.2 Å². The van der Waals surface area contributed by atoms with Crippen LogP contribution in [0.3, 0.4) is 0 Å². The zero-order valence-electron chi connectivity index (χ0n) is 12.1. The van der Waals surface area contributed by atoms with E-state index in [2.05, 4.69) is 10.6 Å². The number of nitrogens with one attached hydrogen (secondary N) is 2. The van der Waals surface area contributed by atoms with Crippen LogP contribution in [0.15, 0.2) is 48.2 Å². The number of rotatable bonds is 3. The van der Waals surface area contributed by atoms with Crippen LogP contribution < -0.4 is 15.7 Å². The predicted octanol–water partition coefficient (Wildman–Crippen LogP) is -0.245. The molecule has 7 nitrogen and oxygen atoms in total. The van der Waals surface area contributed by atoms with Crippen molar-refractivity contribution in [2.24, 2.45) is 0 Å². The number of carboxylic acid groups (broad SMARTS) is 1. The van der Waals surface area contributed by atoms with E-state index in [1.807, 2.05) is 0 Å². The van der Waals surface area contributed by atoms with E-state index < -0.39 is 17.8 Å². The quantitative estimate of drug-likeness (QED) is 0.456. The summed E-state index contributed by atoms with van der Waals surface area (Å²) in [7, 11) is 0. The summed E-state index contributed by atoms with van der Waals surface area (Å²) in [6.07, 6.45) is 3.09. The van der Waals surface area contributed by atoms with Crippen molar-refractivity contribution in [3.8, 4) is 5.69 Å². The van der Waals surface area contributed by atoms with E-state index in [0.717, 1.165) is 0 Å². The maximum absolute atomic E-state index is 11.9. The van der Waals surface area contributed by atoms with Crippen LogP contribution in [-0.4, -0.2) is 27.5 Å². The van der Waals surface area contributed by atoms with Crippen molar-refractivity contribution in [2.45, 2.75) is 0 Å². The van der Waals surface area contributed by atoms with Crippen LogP contribution in [0.1, 0.15) is 16.1 Å². The molecule has 0 bridgehead atoms. The monoisotopic (exact) mass is 340 g/mol. The average molecular weight is 340 g/mol. The Hall–Kier alpha value is -3.26. The molecule has 2 heterocycles. The first-order valence-corrected chi connectivity index (χ1v) is 7.24. The molecule has 0 radical (unpaired) electrons. The zero-order valence-corrected chi connectivity index (χ0v) is 12.9. The maximum Gasteiger partial charge on any atom is 0.263 e. The lowest BCUT2D eigenvalue weighted by Gasteiger charge is -2.16. The van der Waals surface area contributed by atoms with Crippen molar-refractivity contribution >= 4 is 41.2 Å². The third kappa shape index (κ3) is 2.95. The second kappa shape index (κ2) is 6.09. The van der Waals surface area contributed by atoms with Gasteiger partial charge in [-0.2, -0.15) is 0 Å². The van der Waals surface area contributed by atoms with Gasteiger partial charge in [-0.05, 0) is 48.1 Å². The molecule has 1 saturated heterocycles. The molecule has 1 aromatic heterocycles.